The van der Waals surface area contributed by atoms with Crippen LogP contribution in [0, 0.1) is 12.8 Å². The van der Waals surface area contributed by atoms with Crippen molar-refractivity contribution < 1.29 is 4.21 Å². The van der Waals surface area contributed by atoms with Gasteiger partial charge in [0.25, 0.3) is 0 Å². The molecule has 6 nitrogen and oxygen atoms in total. The number of nitrogens with one attached hydrogen (secondary N) is 2. The molecule has 4 rings (SSSR count). The predicted molar refractivity (Wildman–Crippen MR) is 111 cm³/mol. The summed E-state index contributed by atoms with van der Waals surface area (Å²) < 4.78 is 16.1. The van der Waals surface area contributed by atoms with Crippen molar-refractivity contribution in [2.75, 3.05) is 0 Å². The van der Waals surface area contributed by atoms with Gasteiger partial charge in [-0.1, -0.05) is 6.92 Å². The summed E-state index contributed by atoms with van der Waals surface area (Å²) in [4.78, 5) is 17.0. The summed E-state index contributed by atoms with van der Waals surface area (Å²) in [6.07, 6.45) is 11.6. The Labute approximate surface area is 167 Å². The van der Waals surface area contributed by atoms with Crippen LogP contribution in [0.15, 0.2) is 47.9 Å². The zero-order valence-corrected chi connectivity index (χ0v) is 17.0. The fourth-order valence-electron chi connectivity index (χ4n) is 3.56. The van der Waals surface area contributed by atoms with E-state index in [0.29, 0.717) is 10.9 Å². The number of pyridine rings is 2. The molecule has 7 heteroatoms. The van der Waals surface area contributed by atoms with Crippen molar-refractivity contribution in [2.24, 2.45) is 5.92 Å². The van der Waals surface area contributed by atoms with Crippen molar-refractivity contribution in [1.29, 1.82) is 0 Å². The molecular formula is C21H25N5OS. The summed E-state index contributed by atoms with van der Waals surface area (Å²) in [6, 6.07) is 6.15. The second kappa shape index (κ2) is 8.32. The molecule has 0 saturated heterocycles. The molecule has 0 aliphatic heterocycles. The molecule has 1 aliphatic carbocycles. The molecular weight excluding hydrogens is 370 g/mol. The number of imidazole rings is 1. The Morgan fingerprint density at radius 1 is 1.07 bits per heavy atom. The van der Waals surface area contributed by atoms with Crippen LogP contribution >= 0.6 is 0 Å². The normalized spacial score (nSPS) is 20.8. The van der Waals surface area contributed by atoms with Crippen LogP contribution in [0.25, 0.3) is 22.6 Å². The zero-order valence-electron chi connectivity index (χ0n) is 16.2. The number of aromatic amines is 1. The van der Waals surface area contributed by atoms with E-state index in [4.69, 9.17) is 0 Å². The van der Waals surface area contributed by atoms with Crippen LogP contribution in [0.3, 0.4) is 0 Å². The van der Waals surface area contributed by atoms with Gasteiger partial charge in [-0.25, -0.2) is 13.9 Å². The van der Waals surface area contributed by atoms with Gasteiger partial charge in [0.15, 0.2) is 5.82 Å². The largest absolute Gasteiger partial charge is 0.341 e. The molecule has 0 amide bonds. The zero-order chi connectivity index (χ0) is 19.5. The fraction of sp³-hybridized carbons (Fsp3) is 0.381. The number of hydrogen-bond acceptors (Lipinski definition) is 4. The summed E-state index contributed by atoms with van der Waals surface area (Å²) in [5.41, 5.74) is 3.64. The lowest BCUT2D eigenvalue weighted by Gasteiger charge is -2.26. The van der Waals surface area contributed by atoms with Gasteiger partial charge in [-0.05, 0) is 62.3 Å². The SMILES string of the molecule is Cc1cnc(-c2cc(-c3cncc(S(=O)NC4CCC(C)CC4)c3)ccn2)[nH]1. The molecule has 1 fully saturated rings. The molecule has 146 valence electrons. The molecule has 1 atom stereocenters. The third-order valence-electron chi connectivity index (χ3n) is 5.26. The maximum Gasteiger partial charge on any atom is 0.156 e. The Morgan fingerprint density at radius 2 is 1.89 bits per heavy atom. The monoisotopic (exact) mass is 395 g/mol. The van der Waals surface area contributed by atoms with Gasteiger partial charge in [0, 0.05) is 42.1 Å². The van der Waals surface area contributed by atoms with E-state index in [1.54, 1.807) is 24.8 Å². The van der Waals surface area contributed by atoms with Crippen LogP contribution in [-0.4, -0.2) is 30.2 Å². The number of nitrogens with zero attached hydrogens (tertiary/aromatic N) is 3. The first-order valence-electron chi connectivity index (χ1n) is 9.70. The number of aromatic nitrogens is 4. The summed E-state index contributed by atoms with van der Waals surface area (Å²) in [7, 11) is -1.26. The first-order valence-corrected chi connectivity index (χ1v) is 10.8. The van der Waals surface area contributed by atoms with Crippen molar-refractivity contribution in [3.8, 4) is 22.6 Å². The highest BCUT2D eigenvalue weighted by atomic mass is 32.2. The Kier molecular flexibility index (Phi) is 5.64. The number of H-pyrrole nitrogens is 1. The van der Waals surface area contributed by atoms with Crippen LogP contribution < -0.4 is 4.72 Å². The van der Waals surface area contributed by atoms with Crippen LogP contribution in [0.1, 0.15) is 38.3 Å². The average molecular weight is 396 g/mol. The minimum Gasteiger partial charge on any atom is -0.341 e. The van der Waals surface area contributed by atoms with Crippen molar-refractivity contribution in [3.63, 3.8) is 0 Å². The molecule has 1 saturated carbocycles. The van der Waals surface area contributed by atoms with Crippen LogP contribution in [-0.2, 0) is 11.0 Å². The Balaban J connectivity index is 1.53. The highest BCUT2D eigenvalue weighted by Crippen LogP contribution is 2.26. The van der Waals surface area contributed by atoms with Gasteiger partial charge in [0.2, 0.25) is 0 Å². The molecule has 3 aromatic rings. The first-order chi connectivity index (χ1) is 13.6. The fourth-order valence-corrected chi connectivity index (χ4v) is 4.62. The molecule has 0 bridgehead atoms. The van der Waals surface area contributed by atoms with E-state index in [9.17, 15) is 4.21 Å². The van der Waals surface area contributed by atoms with Crippen molar-refractivity contribution >= 4 is 11.0 Å². The Hall–Kier alpha value is -2.38. The quantitative estimate of drug-likeness (QED) is 0.683. The Bertz CT molecular complexity index is 978. The lowest BCUT2D eigenvalue weighted by Crippen LogP contribution is -2.34. The van der Waals surface area contributed by atoms with Gasteiger partial charge in [-0.2, -0.15) is 0 Å². The highest BCUT2D eigenvalue weighted by molar-refractivity contribution is 7.83. The number of hydrogen-bond donors (Lipinski definition) is 2. The topological polar surface area (TPSA) is 83.6 Å². The highest BCUT2D eigenvalue weighted by Gasteiger charge is 2.20. The van der Waals surface area contributed by atoms with Crippen LogP contribution in [0.2, 0.25) is 0 Å². The standard InChI is InChI=1S/C21H25N5OS/c1-14-3-5-18(6-4-14)26-28(27)19-9-17(12-22-13-19)16-7-8-23-20(10-16)21-24-11-15(2)25-21/h7-14,18,26H,3-6H2,1-2H3,(H,24,25). The van der Waals surface area contributed by atoms with E-state index in [1.807, 2.05) is 25.1 Å². The van der Waals surface area contributed by atoms with Crippen LogP contribution in [0.4, 0.5) is 0 Å². The molecule has 0 radical (unpaired) electrons. The van der Waals surface area contributed by atoms with Gasteiger partial charge in [-0.3, -0.25) is 9.97 Å². The van der Waals surface area contributed by atoms with E-state index in [-0.39, 0.29) is 0 Å². The molecule has 28 heavy (non-hydrogen) atoms. The second-order valence-corrected chi connectivity index (χ2v) is 8.84. The van der Waals surface area contributed by atoms with Crippen molar-refractivity contribution in [1.82, 2.24) is 24.7 Å². The summed E-state index contributed by atoms with van der Waals surface area (Å²) in [6.45, 7) is 4.25. The molecule has 1 aliphatic rings. The minimum absolute atomic E-state index is 0.315. The third kappa shape index (κ3) is 4.36. The van der Waals surface area contributed by atoms with Crippen molar-refractivity contribution in [3.05, 3.63) is 48.7 Å². The van der Waals surface area contributed by atoms with Crippen molar-refractivity contribution in [2.45, 2.75) is 50.5 Å². The lowest BCUT2D eigenvalue weighted by molar-refractivity contribution is 0.335. The molecule has 0 spiro atoms. The van der Waals surface area contributed by atoms with Gasteiger partial charge in [0.05, 0.1) is 4.90 Å². The number of aryl methyl sites for hydroxylation is 1. The number of rotatable bonds is 5. The second-order valence-electron chi connectivity index (χ2n) is 7.60. The van der Waals surface area contributed by atoms with E-state index in [1.165, 1.54) is 12.8 Å². The maximum atomic E-state index is 12.8. The summed E-state index contributed by atoms with van der Waals surface area (Å²) >= 11 is 0. The smallest absolute Gasteiger partial charge is 0.156 e. The van der Waals surface area contributed by atoms with Gasteiger partial charge in [0.1, 0.15) is 16.7 Å². The Morgan fingerprint density at radius 3 is 2.64 bits per heavy atom. The van der Waals surface area contributed by atoms with E-state index < -0.39 is 11.0 Å². The molecule has 2 N–H and O–H groups in total. The summed E-state index contributed by atoms with van der Waals surface area (Å²) in [5.74, 6) is 1.51. The van der Waals surface area contributed by atoms with Gasteiger partial charge >= 0.3 is 0 Å². The van der Waals surface area contributed by atoms with Gasteiger partial charge < -0.3 is 4.98 Å². The third-order valence-corrected chi connectivity index (χ3v) is 6.45. The summed E-state index contributed by atoms with van der Waals surface area (Å²) in [5, 5.41) is 0. The van der Waals surface area contributed by atoms with Gasteiger partial charge in [-0.15, -0.1) is 0 Å². The lowest BCUT2D eigenvalue weighted by atomic mass is 9.88. The molecule has 3 aromatic heterocycles. The predicted octanol–water partition coefficient (Wildman–Crippen LogP) is 4.03. The first kappa shape index (κ1) is 19.0. The van der Waals surface area contributed by atoms with E-state index in [0.717, 1.165) is 47.1 Å². The van der Waals surface area contributed by atoms with Crippen LogP contribution in [0.5, 0.6) is 0 Å². The maximum absolute atomic E-state index is 12.8. The molecule has 1 unspecified atom stereocenters. The molecule has 3 heterocycles. The average Bonchev–Trinajstić information content (AvgIpc) is 3.16. The van der Waals surface area contributed by atoms with E-state index in [2.05, 4.69) is 31.6 Å². The van der Waals surface area contributed by atoms with E-state index >= 15 is 0 Å². The molecule has 0 aromatic carbocycles. The minimum atomic E-state index is -1.26.